The second-order valence-electron chi connectivity index (χ2n) is 2.91. The van der Waals surface area contributed by atoms with E-state index in [1.165, 1.54) is 5.75 Å². The zero-order chi connectivity index (χ0) is 8.81. The normalized spacial score (nSPS) is 21.5. The van der Waals surface area contributed by atoms with Crippen molar-refractivity contribution in [3.63, 3.8) is 0 Å². The molecule has 0 aromatic heterocycles. The van der Waals surface area contributed by atoms with E-state index in [1.54, 1.807) is 0 Å². The van der Waals surface area contributed by atoms with Crippen LogP contribution in [0, 0.1) is 0 Å². The number of aliphatic hydroxyl groups excluding tert-OH is 1. The SMILES string of the molecule is CCSN1CCN(CCO)CC1. The van der Waals surface area contributed by atoms with Crippen molar-refractivity contribution >= 4 is 11.9 Å². The summed E-state index contributed by atoms with van der Waals surface area (Å²) in [5.74, 6) is 1.17. The van der Waals surface area contributed by atoms with Crippen molar-refractivity contribution in [1.82, 2.24) is 9.21 Å². The highest BCUT2D eigenvalue weighted by Gasteiger charge is 2.15. The van der Waals surface area contributed by atoms with E-state index in [9.17, 15) is 0 Å². The molecule has 1 rings (SSSR count). The van der Waals surface area contributed by atoms with E-state index in [-0.39, 0.29) is 0 Å². The molecule has 3 nitrogen and oxygen atoms in total. The van der Waals surface area contributed by atoms with E-state index in [0.29, 0.717) is 6.61 Å². The Morgan fingerprint density at radius 3 is 2.42 bits per heavy atom. The van der Waals surface area contributed by atoms with Crippen LogP contribution in [0.3, 0.4) is 0 Å². The first-order valence-electron chi connectivity index (χ1n) is 4.58. The molecule has 1 saturated heterocycles. The fourth-order valence-electron chi connectivity index (χ4n) is 1.41. The van der Waals surface area contributed by atoms with Crippen molar-refractivity contribution in [3.05, 3.63) is 0 Å². The molecule has 1 aliphatic rings. The van der Waals surface area contributed by atoms with Crippen LogP contribution >= 0.6 is 11.9 Å². The van der Waals surface area contributed by atoms with Gasteiger partial charge >= 0.3 is 0 Å². The Hall–Kier alpha value is 0.230. The lowest BCUT2D eigenvalue weighted by Crippen LogP contribution is -2.44. The lowest BCUT2D eigenvalue weighted by molar-refractivity contribution is 0.156. The molecule has 4 heteroatoms. The van der Waals surface area contributed by atoms with E-state index in [1.807, 2.05) is 11.9 Å². The van der Waals surface area contributed by atoms with Gasteiger partial charge in [0.1, 0.15) is 0 Å². The first-order valence-corrected chi connectivity index (χ1v) is 5.52. The Labute approximate surface area is 78.9 Å². The average molecular weight is 190 g/mol. The summed E-state index contributed by atoms with van der Waals surface area (Å²) in [7, 11) is 0. The summed E-state index contributed by atoms with van der Waals surface area (Å²) in [5, 5.41) is 8.73. The van der Waals surface area contributed by atoms with Gasteiger partial charge in [0.15, 0.2) is 0 Å². The number of piperazine rings is 1. The molecular weight excluding hydrogens is 172 g/mol. The van der Waals surface area contributed by atoms with Gasteiger partial charge in [-0.3, -0.25) is 4.90 Å². The van der Waals surface area contributed by atoms with Crippen molar-refractivity contribution in [2.24, 2.45) is 0 Å². The van der Waals surface area contributed by atoms with Gasteiger partial charge in [-0.15, -0.1) is 0 Å². The Balaban J connectivity index is 2.11. The largest absolute Gasteiger partial charge is 0.395 e. The van der Waals surface area contributed by atoms with Gasteiger partial charge in [0.2, 0.25) is 0 Å². The van der Waals surface area contributed by atoms with Crippen molar-refractivity contribution in [1.29, 1.82) is 0 Å². The maximum Gasteiger partial charge on any atom is 0.0558 e. The Morgan fingerprint density at radius 1 is 1.25 bits per heavy atom. The maximum atomic E-state index is 8.73. The standard InChI is InChI=1S/C8H18N2OS/c1-2-12-10-5-3-9(4-6-10)7-8-11/h11H,2-8H2,1H3. The second-order valence-corrected chi connectivity index (χ2v) is 4.26. The summed E-state index contributed by atoms with van der Waals surface area (Å²) < 4.78 is 2.41. The number of rotatable bonds is 4. The van der Waals surface area contributed by atoms with Crippen LogP contribution in [0.1, 0.15) is 6.92 Å². The molecule has 0 radical (unpaired) electrons. The van der Waals surface area contributed by atoms with Gasteiger partial charge in [0.05, 0.1) is 6.61 Å². The molecule has 0 aromatic carbocycles. The molecule has 0 amide bonds. The number of nitrogens with zero attached hydrogens (tertiary/aromatic N) is 2. The molecule has 0 unspecified atom stereocenters. The second kappa shape index (κ2) is 5.80. The summed E-state index contributed by atoms with van der Waals surface area (Å²) in [6, 6.07) is 0. The summed E-state index contributed by atoms with van der Waals surface area (Å²) in [4.78, 5) is 2.31. The Kier molecular flexibility index (Phi) is 4.99. The number of hydrogen-bond donors (Lipinski definition) is 1. The highest BCUT2D eigenvalue weighted by Crippen LogP contribution is 2.12. The highest BCUT2D eigenvalue weighted by molar-refractivity contribution is 7.96. The zero-order valence-corrected chi connectivity index (χ0v) is 8.52. The Morgan fingerprint density at radius 2 is 1.92 bits per heavy atom. The molecule has 1 fully saturated rings. The van der Waals surface area contributed by atoms with E-state index < -0.39 is 0 Å². The van der Waals surface area contributed by atoms with Gasteiger partial charge in [-0.25, -0.2) is 4.31 Å². The topological polar surface area (TPSA) is 26.7 Å². The third-order valence-electron chi connectivity index (χ3n) is 2.06. The molecule has 0 bridgehead atoms. The number of aliphatic hydroxyl groups is 1. The molecule has 0 saturated carbocycles. The van der Waals surface area contributed by atoms with E-state index in [0.717, 1.165) is 32.7 Å². The quantitative estimate of drug-likeness (QED) is 0.644. The lowest BCUT2D eigenvalue weighted by atomic mass is 10.4. The van der Waals surface area contributed by atoms with Crippen molar-refractivity contribution in [2.45, 2.75) is 6.92 Å². The third kappa shape index (κ3) is 3.31. The van der Waals surface area contributed by atoms with E-state index >= 15 is 0 Å². The van der Waals surface area contributed by atoms with Gasteiger partial charge < -0.3 is 5.11 Å². The maximum absolute atomic E-state index is 8.73. The fraction of sp³-hybridized carbons (Fsp3) is 1.00. The molecule has 0 aromatic rings. The van der Waals surface area contributed by atoms with Gasteiger partial charge in [-0.05, 0) is 0 Å². The van der Waals surface area contributed by atoms with Gasteiger partial charge in [-0.2, -0.15) is 0 Å². The van der Waals surface area contributed by atoms with Gasteiger partial charge in [0.25, 0.3) is 0 Å². The van der Waals surface area contributed by atoms with Crippen LogP contribution in [-0.4, -0.2) is 59.4 Å². The van der Waals surface area contributed by atoms with Crippen molar-refractivity contribution < 1.29 is 5.11 Å². The molecular formula is C8H18N2OS. The summed E-state index contributed by atoms with van der Waals surface area (Å²) >= 11 is 1.92. The van der Waals surface area contributed by atoms with Crippen LogP contribution in [0.4, 0.5) is 0 Å². The third-order valence-corrected chi connectivity index (χ3v) is 3.05. The first kappa shape index (κ1) is 10.3. The van der Waals surface area contributed by atoms with Crippen LogP contribution in [0.15, 0.2) is 0 Å². The van der Waals surface area contributed by atoms with Crippen LogP contribution in [0.25, 0.3) is 0 Å². The van der Waals surface area contributed by atoms with Crippen LogP contribution in [-0.2, 0) is 0 Å². The molecule has 1 N–H and O–H groups in total. The highest BCUT2D eigenvalue weighted by atomic mass is 32.2. The minimum Gasteiger partial charge on any atom is -0.395 e. The predicted octanol–water partition coefficient (Wildman–Crippen LogP) is 0.264. The van der Waals surface area contributed by atoms with Gasteiger partial charge in [-0.1, -0.05) is 18.9 Å². The predicted molar refractivity (Wildman–Crippen MR) is 53.2 cm³/mol. The smallest absolute Gasteiger partial charge is 0.0558 e. The van der Waals surface area contributed by atoms with E-state index in [2.05, 4.69) is 16.1 Å². The lowest BCUT2D eigenvalue weighted by Gasteiger charge is -2.33. The monoisotopic (exact) mass is 190 g/mol. The van der Waals surface area contributed by atoms with Crippen molar-refractivity contribution in [3.8, 4) is 0 Å². The van der Waals surface area contributed by atoms with Crippen molar-refractivity contribution in [2.75, 3.05) is 45.1 Å². The molecule has 0 aliphatic carbocycles. The molecule has 72 valence electrons. The van der Waals surface area contributed by atoms with Gasteiger partial charge in [0, 0.05) is 38.5 Å². The minimum atomic E-state index is 0.293. The molecule has 0 spiro atoms. The van der Waals surface area contributed by atoms with E-state index in [4.69, 9.17) is 5.11 Å². The van der Waals surface area contributed by atoms with Crippen LogP contribution < -0.4 is 0 Å². The summed E-state index contributed by atoms with van der Waals surface area (Å²) in [5.41, 5.74) is 0. The molecule has 1 heterocycles. The molecule has 0 atom stereocenters. The number of β-amino-alcohol motifs (C(OH)–C–C–N with tert-alkyl or cyclic N) is 1. The fourth-order valence-corrected chi connectivity index (χ4v) is 2.19. The average Bonchev–Trinajstić information content (AvgIpc) is 2.09. The Bertz CT molecular complexity index is 102. The number of hydrogen-bond acceptors (Lipinski definition) is 4. The van der Waals surface area contributed by atoms with Crippen LogP contribution in [0.2, 0.25) is 0 Å². The zero-order valence-electron chi connectivity index (χ0n) is 7.70. The van der Waals surface area contributed by atoms with Crippen LogP contribution in [0.5, 0.6) is 0 Å². The molecule has 12 heavy (non-hydrogen) atoms. The molecule has 1 aliphatic heterocycles. The first-order chi connectivity index (χ1) is 5.86. The minimum absolute atomic E-state index is 0.293. The summed E-state index contributed by atoms with van der Waals surface area (Å²) in [6.07, 6.45) is 0. The summed E-state index contributed by atoms with van der Waals surface area (Å²) in [6.45, 7) is 7.80.